The first kappa shape index (κ1) is 13.8. The van der Waals surface area contributed by atoms with E-state index in [9.17, 15) is 9.59 Å². The fourth-order valence-electron chi connectivity index (χ4n) is 2.46. The second-order valence-corrected chi connectivity index (χ2v) is 4.93. The maximum atomic E-state index is 11.6. The van der Waals surface area contributed by atoms with E-state index in [4.69, 9.17) is 0 Å². The van der Waals surface area contributed by atoms with Gasteiger partial charge in [-0.05, 0) is 31.2 Å². The molecule has 0 saturated carbocycles. The standard InChI is InChI=1S/C14H21N3O2/c1-2-8-15-14(19)9-16-11-4-3-5-12-10(11)6-7-13(18)17-12/h6-7,11,16H,2-5,8-9H2,1H3,(H,15,19)(H,17,18). The van der Waals surface area contributed by atoms with Gasteiger partial charge in [0.05, 0.1) is 6.54 Å². The van der Waals surface area contributed by atoms with Crippen molar-refractivity contribution in [2.24, 2.45) is 0 Å². The molecule has 1 heterocycles. The summed E-state index contributed by atoms with van der Waals surface area (Å²) < 4.78 is 0. The van der Waals surface area contributed by atoms with E-state index in [0.717, 1.165) is 43.5 Å². The fourth-order valence-corrected chi connectivity index (χ4v) is 2.46. The number of carbonyl (C=O) groups excluding carboxylic acids is 1. The van der Waals surface area contributed by atoms with Gasteiger partial charge in [0.1, 0.15) is 0 Å². The first-order valence-electron chi connectivity index (χ1n) is 6.93. The van der Waals surface area contributed by atoms with Crippen LogP contribution in [0.15, 0.2) is 16.9 Å². The molecule has 5 nitrogen and oxygen atoms in total. The summed E-state index contributed by atoms with van der Waals surface area (Å²) in [6.45, 7) is 3.07. The van der Waals surface area contributed by atoms with Gasteiger partial charge in [0.25, 0.3) is 0 Å². The van der Waals surface area contributed by atoms with E-state index < -0.39 is 0 Å². The molecule has 2 rings (SSSR count). The number of hydrogen-bond acceptors (Lipinski definition) is 3. The Balaban J connectivity index is 1.96. The molecule has 1 atom stereocenters. The van der Waals surface area contributed by atoms with Crippen LogP contribution in [0.1, 0.15) is 43.5 Å². The van der Waals surface area contributed by atoms with Crippen LogP contribution in [0.5, 0.6) is 0 Å². The average molecular weight is 263 g/mol. The van der Waals surface area contributed by atoms with Crippen LogP contribution >= 0.6 is 0 Å². The lowest BCUT2D eigenvalue weighted by Gasteiger charge is -2.25. The molecule has 1 aromatic rings. The van der Waals surface area contributed by atoms with Crippen LogP contribution in [-0.2, 0) is 11.2 Å². The summed E-state index contributed by atoms with van der Waals surface area (Å²) >= 11 is 0. The van der Waals surface area contributed by atoms with E-state index in [1.165, 1.54) is 0 Å². The lowest BCUT2D eigenvalue weighted by atomic mass is 9.91. The molecule has 0 spiro atoms. The van der Waals surface area contributed by atoms with Gasteiger partial charge in [0.2, 0.25) is 11.5 Å². The predicted octanol–water partition coefficient (Wildman–Crippen LogP) is 0.868. The molecule has 0 aliphatic heterocycles. The fraction of sp³-hybridized carbons (Fsp3) is 0.571. The van der Waals surface area contributed by atoms with E-state index >= 15 is 0 Å². The Labute approximate surface area is 112 Å². The average Bonchev–Trinajstić information content (AvgIpc) is 2.42. The highest BCUT2D eigenvalue weighted by molar-refractivity contribution is 5.78. The molecule has 5 heteroatoms. The minimum atomic E-state index is -0.0555. The van der Waals surface area contributed by atoms with Gasteiger partial charge in [0, 0.05) is 24.3 Å². The highest BCUT2D eigenvalue weighted by Crippen LogP contribution is 2.27. The lowest BCUT2D eigenvalue weighted by molar-refractivity contribution is -0.120. The highest BCUT2D eigenvalue weighted by Gasteiger charge is 2.20. The van der Waals surface area contributed by atoms with Crippen molar-refractivity contribution in [1.82, 2.24) is 15.6 Å². The molecule has 104 valence electrons. The summed E-state index contributed by atoms with van der Waals surface area (Å²) in [4.78, 5) is 25.8. The zero-order valence-electron chi connectivity index (χ0n) is 11.3. The molecule has 3 N–H and O–H groups in total. The van der Waals surface area contributed by atoms with Gasteiger partial charge in [-0.3, -0.25) is 9.59 Å². The van der Waals surface area contributed by atoms with Crippen LogP contribution in [0.3, 0.4) is 0 Å². The number of amides is 1. The Morgan fingerprint density at radius 2 is 2.32 bits per heavy atom. The molecule has 0 radical (unpaired) electrons. The molecule has 0 saturated heterocycles. The lowest BCUT2D eigenvalue weighted by Crippen LogP contribution is -2.37. The number of pyridine rings is 1. The molecule has 1 amide bonds. The van der Waals surface area contributed by atoms with Crippen molar-refractivity contribution in [3.8, 4) is 0 Å². The van der Waals surface area contributed by atoms with E-state index in [0.29, 0.717) is 6.54 Å². The number of fused-ring (bicyclic) bond motifs is 1. The molecule has 1 aliphatic carbocycles. The first-order chi connectivity index (χ1) is 9.20. The number of aromatic nitrogens is 1. The van der Waals surface area contributed by atoms with Crippen molar-refractivity contribution in [2.45, 2.75) is 38.6 Å². The van der Waals surface area contributed by atoms with Gasteiger partial charge in [-0.2, -0.15) is 0 Å². The zero-order chi connectivity index (χ0) is 13.7. The van der Waals surface area contributed by atoms with Crippen LogP contribution in [0.2, 0.25) is 0 Å². The molecule has 0 bridgehead atoms. The van der Waals surface area contributed by atoms with Crippen LogP contribution in [-0.4, -0.2) is 24.0 Å². The quantitative estimate of drug-likeness (QED) is 0.738. The normalized spacial score (nSPS) is 17.8. The molecule has 1 aromatic heterocycles. The highest BCUT2D eigenvalue weighted by atomic mass is 16.2. The van der Waals surface area contributed by atoms with Crippen LogP contribution in [0.4, 0.5) is 0 Å². The van der Waals surface area contributed by atoms with Gasteiger partial charge >= 0.3 is 0 Å². The first-order valence-corrected chi connectivity index (χ1v) is 6.93. The molecular formula is C14H21N3O2. The van der Waals surface area contributed by atoms with Gasteiger partial charge in [-0.25, -0.2) is 0 Å². The Morgan fingerprint density at radius 1 is 1.47 bits per heavy atom. The number of carbonyl (C=O) groups is 1. The van der Waals surface area contributed by atoms with Crippen molar-refractivity contribution in [3.05, 3.63) is 33.7 Å². The van der Waals surface area contributed by atoms with Crippen LogP contribution in [0.25, 0.3) is 0 Å². The molecule has 0 aromatic carbocycles. The second kappa shape index (κ2) is 6.52. The van der Waals surface area contributed by atoms with E-state index in [1.54, 1.807) is 6.07 Å². The topological polar surface area (TPSA) is 74.0 Å². The van der Waals surface area contributed by atoms with Crippen LogP contribution < -0.4 is 16.2 Å². The molecular weight excluding hydrogens is 242 g/mol. The smallest absolute Gasteiger partial charge is 0.248 e. The molecule has 0 fully saturated rings. The molecule has 1 unspecified atom stereocenters. The minimum absolute atomic E-state index is 0.0263. The van der Waals surface area contributed by atoms with Crippen molar-refractivity contribution in [2.75, 3.05) is 13.1 Å². The Hall–Kier alpha value is -1.62. The summed E-state index contributed by atoms with van der Waals surface area (Å²) in [7, 11) is 0. The number of aromatic amines is 1. The van der Waals surface area contributed by atoms with Gasteiger partial charge in [0.15, 0.2) is 0 Å². The van der Waals surface area contributed by atoms with Crippen molar-refractivity contribution in [3.63, 3.8) is 0 Å². The number of hydrogen-bond donors (Lipinski definition) is 3. The predicted molar refractivity (Wildman–Crippen MR) is 74.0 cm³/mol. The molecule has 19 heavy (non-hydrogen) atoms. The third kappa shape index (κ3) is 3.67. The molecule has 1 aliphatic rings. The van der Waals surface area contributed by atoms with Gasteiger partial charge < -0.3 is 15.6 Å². The van der Waals surface area contributed by atoms with Gasteiger partial charge in [-0.1, -0.05) is 13.0 Å². The minimum Gasteiger partial charge on any atom is -0.355 e. The van der Waals surface area contributed by atoms with Crippen LogP contribution in [0, 0.1) is 0 Å². The summed E-state index contributed by atoms with van der Waals surface area (Å²) in [6, 6.07) is 3.58. The zero-order valence-corrected chi connectivity index (χ0v) is 11.3. The Morgan fingerprint density at radius 3 is 3.11 bits per heavy atom. The number of nitrogens with one attached hydrogen (secondary N) is 3. The summed E-state index contributed by atoms with van der Waals surface area (Å²) in [6.07, 6.45) is 3.88. The summed E-state index contributed by atoms with van der Waals surface area (Å²) in [5, 5.41) is 6.12. The maximum Gasteiger partial charge on any atom is 0.248 e. The SMILES string of the molecule is CCCNC(=O)CNC1CCCc2[nH]c(=O)ccc21. The van der Waals surface area contributed by atoms with Crippen molar-refractivity contribution in [1.29, 1.82) is 0 Å². The van der Waals surface area contributed by atoms with E-state index in [1.807, 2.05) is 13.0 Å². The maximum absolute atomic E-state index is 11.6. The van der Waals surface area contributed by atoms with E-state index in [2.05, 4.69) is 15.6 Å². The summed E-state index contributed by atoms with van der Waals surface area (Å²) in [5.41, 5.74) is 2.07. The Kier molecular flexibility index (Phi) is 4.74. The van der Waals surface area contributed by atoms with Crippen molar-refractivity contribution >= 4 is 5.91 Å². The number of aryl methyl sites for hydroxylation is 1. The van der Waals surface area contributed by atoms with Gasteiger partial charge in [-0.15, -0.1) is 0 Å². The third-order valence-electron chi connectivity index (χ3n) is 3.41. The largest absolute Gasteiger partial charge is 0.355 e. The van der Waals surface area contributed by atoms with E-state index in [-0.39, 0.29) is 17.5 Å². The van der Waals surface area contributed by atoms with Crippen molar-refractivity contribution < 1.29 is 4.79 Å². The number of H-pyrrole nitrogens is 1. The number of rotatable bonds is 5. The third-order valence-corrected chi connectivity index (χ3v) is 3.41. The summed E-state index contributed by atoms with van der Waals surface area (Å²) in [5.74, 6) is 0.0263. The second-order valence-electron chi connectivity index (χ2n) is 4.93. The monoisotopic (exact) mass is 263 g/mol. The Bertz CT molecular complexity index is 496.